The number of ether oxygens (including phenoxy) is 2. The van der Waals surface area contributed by atoms with E-state index in [1.165, 1.54) is 12.1 Å². The standard InChI is InChI=1S/C23H23N3O6/c27-23(21-14-19(26(28)29)6-7-22(21)25-8-11-30-12-9-25)24-18-4-1-3-17(13-18)15-31-16-20-5-2-10-32-20/h1-7,10,13-14H,8-9,11-12,15-16H2,(H,24,27). The third kappa shape index (κ3) is 5.32. The van der Waals surface area contributed by atoms with E-state index < -0.39 is 10.8 Å². The predicted octanol–water partition coefficient (Wildman–Crippen LogP) is 3.99. The molecule has 32 heavy (non-hydrogen) atoms. The molecule has 1 aromatic heterocycles. The van der Waals surface area contributed by atoms with Gasteiger partial charge >= 0.3 is 0 Å². The van der Waals surface area contributed by atoms with Gasteiger partial charge in [-0.1, -0.05) is 12.1 Å². The van der Waals surface area contributed by atoms with Gasteiger partial charge < -0.3 is 24.1 Å². The average molecular weight is 437 g/mol. The Morgan fingerprint density at radius 2 is 1.94 bits per heavy atom. The SMILES string of the molecule is O=C(Nc1cccc(COCc2ccco2)c1)c1cc([N+](=O)[O-])ccc1N1CCOCC1. The molecule has 2 aromatic carbocycles. The number of anilines is 2. The predicted molar refractivity (Wildman–Crippen MR) is 118 cm³/mol. The van der Waals surface area contributed by atoms with Crippen LogP contribution >= 0.6 is 0 Å². The van der Waals surface area contributed by atoms with Gasteiger partial charge in [0.05, 0.1) is 42.3 Å². The van der Waals surface area contributed by atoms with Crippen molar-refractivity contribution in [3.05, 3.63) is 87.9 Å². The maximum Gasteiger partial charge on any atom is 0.270 e. The first kappa shape index (κ1) is 21.5. The number of rotatable bonds is 8. The highest BCUT2D eigenvalue weighted by atomic mass is 16.6. The molecule has 0 bridgehead atoms. The van der Waals surface area contributed by atoms with Crippen molar-refractivity contribution in [1.29, 1.82) is 0 Å². The van der Waals surface area contributed by atoms with Crippen molar-refractivity contribution in [3.63, 3.8) is 0 Å². The zero-order valence-corrected chi connectivity index (χ0v) is 17.4. The number of carbonyl (C=O) groups is 1. The smallest absolute Gasteiger partial charge is 0.270 e. The lowest BCUT2D eigenvalue weighted by Crippen LogP contribution is -2.37. The molecule has 1 aliphatic heterocycles. The molecule has 2 heterocycles. The summed E-state index contributed by atoms with van der Waals surface area (Å²) in [5, 5.41) is 14.1. The second kappa shape index (κ2) is 10.1. The fourth-order valence-corrected chi connectivity index (χ4v) is 3.50. The summed E-state index contributed by atoms with van der Waals surface area (Å²) >= 11 is 0. The van der Waals surface area contributed by atoms with Crippen LogP contribution in [0.5, 0.6) is 0 Å². The van der Waals surface area contributed by atoms with E-state index in [-0.39, 0.29) is 11.3 Å². The molecule has 0 spiro atoms. The van der Waals surface area contributed by atoms with Gasteiger partial charge in [0.25, 0.3) is 11.6 Å². The van der Waals surface area contributed by atoms with Gasteiger partial charge in [-0.2, -0.15) is 0 Å². The summed E-state index contributed by atoms with van der Waals surface area (Å²) in [5.74, 6) is 0.319. The zero-order valence-electron chi connectivity index (χ0n) is 17.4. The van der Waals surface area contributed by atoms with Crippen molar-refractivity contribution in [2.45, 2.75) is 13.2 Å². The summed E-state index contributed by atoms with van der Waals surface area (Å²) in [7, 11) is 0. The van der Waals surface area contributed by atoms with Gasteiger partial charge in [-0.15, -0.1) is 0 Å². The first-order valence-corrected chi connectivity index (χ1v) is 10.2. The number of morpholine rings is 1. The third-order valence-corrected chi connectivity index (χ3v) is 5.07. The van der Waals surface area contributed by atoms with Crippen molar-refractivity contribution >= 4 is 23.0 Å². The van der Waals surface area contributed by atoms with Crippen LogP contribution < -0.4 is 10.2 Å². The minimum Gasteiger partial charge on any atom is -0.467 e. The summed E-state index contributed by atoms with van der Waals surface area (Å²) in [5.41, 5.74) is 2.22. The number of non-ortho nitro benzene ring substituents is 1. The molecule has 1 N–H and O–H groups in total. The first-order valence-electron chi connectivity index (χ1n) is 10.2. The number of amides is 1. The number of benzene rings is 2. The Morgan fingerprint density at radius 1 is 1.09 bits per heavy atom. The highest BCUT2D eigenvalue weighted by molar-refractivity contribution is 6.08. The van der Waals surface area contributed by atoms with Gasteiger partial charge in [-0.3, -0.25) is 14.9 Å². The van der Waals surface area contributed by atoms with Crippen LogP contribution in [0.15, 0.2) is 65.3 Å². The molecule has 0 radical (unpaired) electrons. The Morgan fingerprint density at radius 3 is 2.69 bits per heavy atom. The van der Waals surface area contributed by atoms with E-state index in [9.17, 15) is 14.9 Å². The highest BCUT2D eigenvalue weighted by Crippen LogP contribution is 2.27. The van der Waals surface area contributed by atoms with E-state index in [1.807, 2.05) is 29.2 Å². The lowest BCUT2D eigenvalue weighted by Gasteiger charge is -2.30. The van der Waals surface area contributed by atoms with Crippen molar-refractivity contribution < 1.29 is 23.6 Å². The molecule has 3 aromatic rings. The molecule has 0 aliphatic carbocycles. The summed E-state index contributed by atoms with van der Waals surface area (Å²) in [4.78, 5) is 25.9. The molecule has 4 rings (SSSR count). The molecule has 0 saturated carbocycles. The summed E-state index contributed by atoms with van der Waals surface area (Å²) < 4.78 is 16.3. The Hall–Kier alpha value is -3.69. The minimum atomic E-state index is -0.503. The zero-order chi connectivity index (χ0) is 22.3. The van der Waals surface area contributed by atoms with Gasteiger partial charge in [0.15, 0.2) is 0 Å². The molecule has 0 unspecified atom stereocenters. The van der Waals surface area contributed by atoms with E-state index in [2.05, 4.69) is 5.32 Å². The molecular weight excluding hydrogens is 414 g/mol. The number of nitro groups is 1. The van der Waals surface area contributed by atoms with E-state index in [1.54, 1.807) is 24.5 Å². The van der Waals surface area contributed by atoms with Gasteiger partial charge in [0.1, 0.15) is 12.4 Å². The van der Waals surface area contributed by atoms with Crippen LogP contribution in [0.4, 0.5) is 17.1 Å². The molecule has 9 nitrogen and oxygen atoms in total. The quantitative estimate of drug-likeness (QED) is 0.419. The second-order valence-electron chi connectivity index (χ2n) is 7.28. The number of nitrogens with one attached hydrogen (secondary N) is 1. The topological polar surface area (TPSA) is 107 Å². The maximum atomic E-state index is 13.1. The summed E-state index contributed by atoms with van der Waals surface area (Å²) in [6.07, 6.45) is 1.59. The fraction of sp³-hybridized carbons (Fsp3) is 0.261. The van der Waals surface area contributed by atoms with Crippen LogP contribution in [0.3, 0.4) is 0 Å². The van der Waals surface area contributed by atoms with Crippen molar-refractivity contribution in [3.8, 4) is 0 Å². The summed E-state index contributed by atoms with van der Waals surface area (Å²) in [6.45, 7) is 3.00. The highest BCUT2D eigenvalue weighted by Gasteiger charge is 2.22. The Labute approximate surface area is 184 Å². The normalized spacial score (nSPS) is 13.7. The number of hydrogen-bond acceptors (Lipinski definition) is 7. The van der Waals surface area contributed by atoms with E-state index >= 15 is 0 Å². The molecule has 166 valence electrons. The second-order valence-corrected chi connectivity index (χ2v) is 7.28. The number of furan rings is 1. The third-order valence-electron chi connectivity index (χ3n) is 5.07. The Bertz CT molecular complexity index is 1080. The number of hydrogen-bond donors (Lipinski definition) is 1. The largest absolute Gasteiger partial charge is 0.467 e. The number of nitro benzene ring substituents is 1. The van der Waals surface area contributed by atoms with Crippen LogP contribution in [-0.4, -0.2) is 37.1 Å². The van der Waals surface area contributed by atoms with Crippen LogP contribution in [0.1, 0.15) is 21.7 Å². The van der Waals surface area contributed by atoms with Crippen molar-refractivity contribution in [2.24, 2.45) is 0 Å². The monoisotopic (exact) mass is 437 g/mol. The van der Waals surface area contributed by atoms with Gasteiger partial charge in [-0.05, 0) is 35.9 Å². The lowest BCUT2D eigenvalue weighted by atomic mass is 10.1. The van der Waals surface area contributed by atoms with Gasteiger partial charge in [-0.25, -0.2) is 0 Å². The first-order chi connectivity index (χ1) is 15.6. The maximum absolute atomic E-state index is 13.1. The number of nitrogens with zero attached hydrogens (tertiary/aromatic N) is 2. The molecule has 1 fully saturated rings. The number of carbonyl (C=O) groups excluding carboxylic acids is 1. The fourth-order valence-electron chi connectivity index (χ4n) is 3.50. The van der Waals surface area contributed by atoms with Crippen molar-refractivity contribution in [1.82, 2.24) is 0 Å². The molecule has 1 saturated heterocycles. The molecule has 1 aliphatic rings. The van der Waals surface area contributed by atoms with Crippen LogP contribution in [0, 0.1) is 10.1 Å². The van der Waals surface area contributed by atoms with E-state index in [0.717, 1.165) is 11.3 Å². The van der Waals surface area contributed by atoms with Crippen LogP contribution in [0.2, 0.25) is 0 Å². The Balaban J connectivity index is 1.49. The minimum absolute atomic E-state index is 0.132. The summed E-state index contributed by atoms with van der Waals surface area (Å²) in [6, 6.07) is 15.3. The molecular formula is C23H23N3O6. The van der Waals surface area contributed by atoms with Crippen LogP contribution in [0.25, 0.3) is 0 Å². The van der Waals surface area contributed by atoms with Gasteiger partial charge in [0, 0.05) is 30.9 Å². The molecule has 9 heteroatoms. The molecule has 1 amide bonds. The van der Waals surface area contributed by atoms with Gasteiger partial charge in [0.2, 0.25) is 0 Å². The van der Waals surface area contributed by atoms with Crippen molar-refractivity contribution in [2.75, 3.05) is 36.5 Å². The van der Waals surface area contributed by atoms with Crippen LogP contribution in [-0.2, 0) is 22.7 Å². The average Bonchev–Trinajstić information content (AvgIpc) is 3.33. The van der Waals surface area contributed by atoms with E-state index in [0.29, 0.717) is 50.9 Å². The lowest BCUT2D eigenvalue weighted by molar-refractivity contribution is -0.384. The Kier molecular flexibility index (Phi) is 6.78. The molecule has 0 atom stereocenters. The van der Waals surface area contributed by atoms with E-state index in [4.69, 9.17) is 13.9 Å².